The van der Waals surface area contributed by atoms with Gasteiger partial charge in [-0.1, -0.05) is 139 Å². The molecule has 0 rings (SSSR count). The van der Waals surface area contributed by atoms with E-state index in [-0.39, 0.29) is 36.2 Å². The van der Waals surface area contributed by atoms with Crippen molar-refractivity contribution in [1.82, 2.24) is 0 Å². The zero-order valence-electron chi connectivity index (χ0n) is 36.6. The number of hydrogen-bond acceptors (Lipinski definition) is 6. The van der Waals surface area contributed by atoms with E-state index in [2.05, 4.69) is 74.6 Å². The molecule has 0 aliphatic carbocycles. The van der Waals surface area contributed by atoms with Crippen LogP contribution in [0.4, 0.5) is 0 Å². The maximum atomic E-state index is 12.7. The maximum absolute atomic E-state index is 12.7. The van der Waals surface area contributed by atoms with E-state index in [9.17, 15) is 19.5 Å². The van der Waals surface area contributed by atoms with Gasteiger partial charge in [-0.15, -0.1) is 0 Å². The zero-order chi connectivity index (χ0) is 41.4. The molecule has 322 valence electrons. The van der Waals surface area contributed by atoms with Gasteiger partial charge in [0.25, 0.3) is 0 Å². The summed E-state index contributed by atoms with van der Waals surface area (Å²) in [5.74, 6) is -1.50. The summed E-state index contributed by atoms with van der Waals surface area (Å²) in [6.45, 7) is 4.57. The van der Waals surface area contributed by atoms with Crippen molar-refractivity contribution in [2.24, 2.45) is 0 Å². The molecule has 0 bridgehead atoms. The van der Waals surface area contributed by atoms with E-state index in [0.717, 1.165) is 89.9 Å². The van der Waals surface area contributed by atoms with Crippen LogP contribution < -0.4 is 0 Å². The molecule has 56 heavy (non-hydrogen) atoms. The lowest BCUT2D eigenvalue weighted by atomic mass is 10.1. The van der Waals surface area contributed by atoms with Crippen LogP contribution in [-0.2, 0) is 28.6 Å². The van der Waals surface area contributed by atoms with Crippen molar-refractivity contribution in [3.05, 3.63) is 60.8 Å². The van der Waals surface area contributed by atoms with Gasteiger partial charge in [0.1, 0.15) is 6.61 Å². The van der Waals surface area contributed by atoms with Gasteiger partial charge in [0.15, 0.2) is 12.1 Å². The van der Waals surface area contributed by atoms with Gasteiger partial charge in [-0.2, -0.15) is 0 Å². The average Bonchev–Trinajstić information content (AvgIpc) is 3.15. The van der Waals surface area contributed by atoms with E-state index in [0.29, 0.717) is 19.3 Å². The molecule has 0 spiro atoms. The molecule has 0 aliphatic heterocycles. The van der Waals surface area contributed by atoms with Gasteiger partial charge >= 0.3 is 17.9 Å². The second-order valence-corrected chi connectivity index (χ2v) is 15.9. The monoisotopic (exact) mass is 787 g/mol. The minimum absolute atomic E-state index is 0.0503. The minimum Gasteiger partial charge on any atom is -0.477 e. The van der Waals surface area contributed by atoms with Crippen LogP contribution in [0.1, 0.15) is 174 Å². The van der Waals surface area contributed by atoms with E-state index < -0.39 is 18.1 Å². The number of carbonyl (C=O) groups excluding carboxylic acids is 2. The Morgan fingerprint density at radius 1 is 0.554 bits per heavy atom. The number of carboxylic acid groups (broad SMARTS) is 1. The molecule has 1 N–H and O–H groups in total. The Balaban J connectivity index is 4.38. The van der Waals surface area contributed by atoms with Gasteiger partial charge in [0, 0.05) is 19.3 Å². The summed E-state index contributed by atoms with van der Waals surface area (Å²) >= 11 is 0. The Kier molecular flexibility index (Phi) is 36.8. The molecular formula is C48H84NO7+. The predicted octanol–water partition coefficient (Wildman–Crippen LogP) is 12.2. The number of quaternary nitrogens is 1. The molecule has 0 amide bonds. The summed E-state index contributed by atoms with van der Waals surface area (Å²) in [5, 5.41) is 9.62. The number of unbranched alkanes of at least 4 members (excludes halogenated alkanes) is 15. The second kappa shape index (κ2) is 38.9. The standard InChI is InChI=1S/C48H83NO7/c1-6-8-10-12-14-16-18-20-22-23-25-27-29-31-33-35-37-39-47(51)56-44(42-54-41-40-45(48(52)53)49(3,4)5)43-55-46(50)38-36-34-32-30-28-26-24-21-19-17-15-13-11-9-7-2/h8,10,14-17,20-22,24,44-45H,6-7,9,11-13,18-19,23,25-43H2,1-5H3/p+1/b10-8-,16-14-,17-15-,22-20-,24-21-. The van der Waals surface area contributed by atoms with Crippen molar-refractivity contribution in [1.29, 1.82) is 0 Å². The van der Waals surface area contributed by atoms with Gasteiger partial charge in [-0.25, -0.2) is 4.79 Å². The SMILES string of the molecule is CC/C=C\C/C=C\C/C=C\CCCCCCCCCC(=O)OC(COCCC(C(=O)O)[N+](C)(C)C)COC(=O)CCCCCCC/C=C\C/C=C\CCCCC. The number of ether oxygens (including phenoxy) is 3. The molecule has 0 aromatic carbocycles. The molecule has 0 heterocycles. The predicted molar refractivity (Wildman–Crippen MR) is 234 cm³/mol. The second-order valence-electron chi connectivity index (χ2n) is 15.9. The van der Waals surface area contributed by atoms with Crippen LogP contribution in [0.15, 0.2) is 60.8 Å². The number of likely N-dealkylation sites (N-methyl/N-ethyl adjacent to an activating group) is 1. The third kappa shape index (κ3) is 36.7. The van der Waals surface area contributed by atoms with Crippen molar-refractivity contribution in [2.45, 2.75) is 187 Å². The summed E-state index contributed by atoms with van der Waals surface area (Å²) in [6, 6.07) is -0.620. The maximum Gasteiger partial charge on any atom is 0.362 e. The van der Waals surface area contributed by atoms with Gasteiger partial charge in [0.2, 0.25) is 0 Å². The van der Waals surface area contributed by atoms with Crippen LogP contribution >= 0.6 is 0 Å². The molecule has 0 saturated carbocycles. The van der Waals surface area contributed by atoms with Gasteiger partial charge in [-0.3, -0.25) is 9.59 Å². The molecule has 0 aliphatic rings. The smallest absolute Gasteiger partial charge is 0.362 e. The fourth-order valence-corrected chi connectivity index (χ4v) is 6.19. The van der Waals surface area contributed by atoms with Crippen LogP contribution in [0.3, 0.4) is 0 Å². The fraction of sp³-hybridized carbons (Fsp3) is 0.729. The highest BCUT2D eigenvalue weighted by atomic mass is 16.6. The normalized spacial score (nSPS) is 13.5. The van der Waals surface area contributed by atoms with Gasteiger partial charge in [-0.05, 0) is 77.0 Å². The Hall–Kier alpha value is -2.97. The number of aliphatic carboxylic acids is 1. The summed E-state index contributed by atoms with van der Waals surface area (Å²) < 4.78 is 17.3. The number of carbonyl (C=O) groups is 3. The third-order valence-electron chi connectivity index (χ3n) is 9.65. The number of rotatable bonds is 39. The summed E-state index contributed by atoms with van der Waals surface area (Å²) in [4.78, 5) is 37.0. The van der Waals surface area contributed by atoms with E-state index in [1.165, 1.54) is 51.4 Å². The lowest BCUT2D eigenvalue weighted by Crippen LogP contribution is -2.50. The van der Waals surface area contributed by atoms with Crippen molar-refractivity contribution >= 4 is 17.9 Å². The summed E-state index contributed by atoms with van der Waals surface area (Å²) in [7, 11) is 5.51. The molecule has 2 unspecified atom stereocenters. The lowest BCUT2D eigenvalue weighted by Gasteiger charge is -2.31. The van der Waals surface area contributed by atoms with Crippen molar-refractivity contribution in [2.75, 3.05) is 41.0 Å². The first-order chi connectivity index (χ1) is 27.1. The lowest BCUT2D eigenvalue weighted by molar-refractivity contribution is -0.887. The van der Waals surface area contributed by atoms with Crippen molar-refractivity contribution in [3.63, 3.8) is 0 Å². The largest absolute Gasteiger partial charge is 0.477 e. The van der Waals surface area contributed by atoms with E-state index >= 15 is 0 Å². The summed E-state index contributed by atoms with van der Waals surface area (Å²) in [6.07, 6.45) is 46.8. The molecule has 0 aromatic rings. The van der Waals surface area contributed by atoms with Crippen LogP contribution in [0.2, 0.25) is 0 Å². The van der Waals surface area contributed by atoms with Gasteiger partial charge in [0.05, 0.1) is 34.4 Å². The van der Waals surface area contributed by atoms with E-state index in [4.69, 9.17) is 14.2 Å². The van der Waals surface area contributed by atoms with E-state index in [1.807, 2.05) is 21.1 Å². The topological polar surface area (TPSA) is 99.1 Å². The number of nitrogens with zero attached hydrogens (tertiary/aromatic N) is 1. The minimum atomic E-state index is -0.881. The quantitative estimate of drug-likeness (QED) is 0.0287. The molecule has 0 aromatic heterocycles. The molecular weight excluding hydrogens is 703 g/mol. The molecule has 8 nitrogen and oxygen atoms in total. The molecule has 0 fully saturated rings. The van der Waals surface area contributed by atoms with E-state index in [1.54, 1.807) is 0 Å². The first-order valence-electron chi connectivity index (χ1n) is 22.3. The number of allylic oxidation sites excluding steroid dienone is 10. The Labute approximate surface area is 343 Å². The molecule has 0 saturated heterocycles. The third-order valence-corrected chi connectivity index (χ3v) is 9.65. The Morgan fingerprint density at radius 3 is 1.48 bits per heavy atom. The van der Waals surface area contributed by atoms with Crippen LogP contribution in [0, 0.1) is 0 Å². The van der Waals surface area contributed by atoms with Crippen molar-refractivity contribution < 1.29 is 38.2 Å². The molecule has 2 atom stereocenters. The highest BCUT2D eigenvalue weighted by Crippen LogP contribution is 2.13. The van der Waals surface area contributed by atoms with Crippen LogP contribution in [0.5, 0.6) is 0 Å². The Morgan fingerprint density at radius 2 is 1.00 bits per heavy atom. The van der Waals surface area contributed by atoms with Crippen LogP contribution in [0.25, 0.3) is 0 Å². The number of hydrogen-bond donors (Lipinski definition) is 1. The highest BCUT2D eigenvalue weighted by Gasteiger charge is 2.31. The first kappa shape index (κ1) is 53.0. The fourth-order valence-electron chi connectivity index (χ4n) is 6.19. The number of esters is 2. The first-order valence-corrected chi connectivity index (χ1v) is 22.3. The summed E-state index contributed by atoms with van der Waals surface area (Å²) in [5.41, 5.74) is 0. The van der Waals surface area contributed by atoms with Crippen molar-refractivity contribution in [3.8, 4) is 0 Å². The highest BCUT2D eigenvalue weighted by molar-refractivity contribution is 5.72. The Bertz CT molecular complexity index is 1100. The average molecular weight is 787 g/mol. The molecule has 8 heteroatoms. The van der Waals surface area contributed by atoms with Crippen LogP contribution in [-0.4, -0.2) is 80.6 Å². The zero-order valence-corrected chi connectivity index (χ0v) is 36.6. The van der Waals surface area contributed by atoms with Gasteiger partial charge < -0.3 is 23.8 Å². The molecule has 0 radical (unpaired) electrons. The number of carboxylic acids is 1.